The average Bonchev–Trinajstić information content (AvgIpc) is 2.12. The highest BCUT2D eigenvalue weighted by Gasteiger charge is 2.17. The first-order valence-corrected chi connectivity index (χ1v) is 4.83. The van der Waals surface area contributed by atoms with Crippen LogP contribution in [0.3, 0.4) is 0 Å². The van der Waals surface area contributed by atoms with E-state index in [9.17, 15) is 8.78 Å². The lowest BCUT2D eigenvalue weighted by molar-refractivity contribution is 0.151. The summed E-state index contributed by atoms with van der Waals surface area (Å²) >= 11 is 0. The van der Waals surface area contributed by atoms with Crippen LogP contribution in [-0.2, 0) is 6.42 Å². The summed E-state index contributed by atoms with van der Waals surface area (Å²) in [6.45, 7) is 2.03. The SMILES string of the molecule is FC(F)c1cccc(CC2CNC2)c1. The van der Waals surface area contributed by atoms with E-state index in [0.717, 1.165) is 25.1 Å². The molecule has 1 N–H and O–H groups in total. The molecule has 0 saturated carbocycles. The summed E-state index contributed by atoms with van der Waals surface area (Å²) in [5, 5.41) is 3.17. The largest absolute Gasteiger partial charge is 0.316 e. The van der Waals surface area contributed by atoms with E-state index in [4.69, 9.17) is 0 Å². The van der Waals surface area contributed by atoms with Gasteiger partial charge in [-0.3, -0.25) is 0 Å². The Balaban J connectivity index is 2.05. The molecule has 1 fully saturated rings. The first-order chi connectivity index (χ1) is 6.75. The molecule has 2 rings (SSSR count). The fraction of sp³-hybridized carbons (Fsp3) is 0.455. The second-order valence-corrected chi connectivity index (χ2v) is 3.77. The molecule has 0 radical (unpaired) electrons. The Morgan fingerprint density at radius 2 is 2.14 bits per heavy atom. The molecule has 1 nitrogen and oxygen atoms in total. The average molecular weight is 197 g/mol. The Hall–Kier alpha value is -0.960. The van der Waals surface area contributed by atoms with Crippen LogP contribution in [0.2, 0.25) is 0 Å². The predicted molar refractivity (Wildman–Crippen MR) is 51.5 cm³/mol. The summed E-state index contributed by atoms with van der Waals surface area (Å²) in [7, 11) is 0. The molecule has 1 aliphatic rings. The van der Waals surface area contributed by atoms with Crippen molar-refractivity contribution in [3.63, 3.8) is 0 Å². The van der Waals surface area contributed by atoms with Crippen LogP contribution in [-0.4, -0.2) is 13.1 Å². The van der Waals surface area contributed by atoms with Crippen molar-refractivity contribution in [2.24, 2.45) is 5.92 Å². The van der Waals surface area contributed by atoms with Crippen LogP contribution in [0.25, 0.3) is 0 Å². The van der Waals surface area contributed by atoms with Gasteiger partial charge in [-0.25, -0.2) is 8.78 Å². The number of benzene rings is 1. The summed E-state index contributed by atoms with van der Waals surface area (Å²) < 4.78 is 24.7. The third-order valence-corrected chi connectivity index (χ3v) is 2.59. The highest BCUT2D eigenvalue weighted by atomic mass is 19.3. The van der Waals surface area contributed by atoms with Crippen LogP contribution in [0.15, 0.2) is 24.3 Å². The maximum absolute atomic E-state index is 12.4. The van der Waals surface area contributed by atoms with Gasteiger partial charge in [0.25, 0.3) is 6.43 Å². The van der Waals surface area contributed by atoms with E-state index in [-0.39, 0.29) is 5.56 Å². The van der Waals surface area contributed by atoms with Crippen molar-refractivity contribution in [3.05, 3.63) is 35.4 Å². The molecule has 0 amide bonds. The minimum atomic E-state index is -2.35. The second-order valence-electron chi connectivity index (χ2n) is 3.77. The Labute approximate surface area is 82.1 Å². The molecule has 0 unspecified atom stereocenters. The molecule has 0 bridgehead atoms. The molecule has 3 heteroatoms. The summed E-state index contributed by atoms with van der Waals surface area (Å²) in [6, 6.07) is 6.73. The molecule has 0 atom stereocenters. The van der Waals surface area contributed by atoms with E-state index in [1.165, 1.54) is 6.07 Å². The first kappa shape index (κ1) is 9.59. The number of halogens is 2. The van der Waals surface area contributed by atoms with Crippen molar-refractivity contribution < 1.29 is 8.78 Å². The Morgan fingerprint density at radius 1 is 1.36 bits per heavy atom. The fourth-order valence-corrected chi connectivity index (χ4v) is 1.68. The number of nitrogens with one attached hydrogen (secondary N) is 1. The van der Waals surface area contributed by atoms with Crippen molar-refractivity contribution in [2.75, 3.05) is 13.1 Å². The number of rotatable bonds is 3. The fourth-order valence-electron chi connectivity index (χ4n) is 1.68. The molecule has 76 valence electrons. The van der Waals surface area contributed by atoms with Crippen molar-refractivity contribution in [1.82, 2.24) is 5.32 Å². The van der Waals surface area contributed by atoms with Gasteiger partial charge in [0.05, 0.1) is 0 Å². The third-order valence-electron chi connectivity index (χ3n) is 2.59. The van der Waals surface area contributed by atoms with Gasteiger partial charge in [-0.1, -0.05) is 24.3 Å². The van der Waals surface area contributed by atoms with E-state index in [1.807, 2.05) is 6.07 Å². The Morgan fingerprint density at radius 3 is 2.71 bits per heavy atom. The van der Waals surface area contributed by atoms with E-state index in [0.29, 0.717) is 5.92 Å². The summed E-state index contributed by atoms with van der Waals surface area (Å²) in [5.41, 5.74) is 1.16. The lowest BCUT2D eigenvalue weighted by atomic mass is 9.94. The van der Waals surface area contributed by atoms with Crippen LogP contribution in [0.4, 0.5) is 8.78 Å². The molecule has 0 spiro atoms. The Bertz CT molecular complexity index is 308. The number of alkyl halides is 2. The van der Waals surface area contributed by atoms with Gasteiger partial charge in [0.2, 0.25) is 0 Å². The van der Waals surface area contributed by atoms with E-state index in [2.05, 4.69) is 5.32 Å². The van der Waals surface area contributed by atoms with Gasteiger partial charge in [0, 0.05) is 5.56 Å². The van der Waals surface area contributed by atoms with Gasteiger partial charge in [-0.15, -0.1) is 0 Å². The summed E-state index contributed by atoms with van der Waals surface area (Å²) in [5.74, 6) is 0.628. The molecule has 1 aromatic rings. The lowest BCUT2D eigenvalue weighted by Gasteiger charge is -2.27. The molecule has 0 aromatic heterocycles. The standard InChI is InChI=1S/C11H13F2N/c12-11(13)10-3-1-2-8(5-10)4-9-6-14-7-9/h1-3,5,9,11,14H,4,6-7H2. The minimum Gasteiger partial charge on any atom is -0.316 e. The monoisotopic (exact) mass is 197 g/mol. The smallest absolute Gasteiger partial charge is 0.263 e. The predicted octanol–water partition coefficient (Wildman–Crippen LogP) is 2.39. The maximum Gasteiger partial charge on any atom is 0.263 e. The number of hydrogen-bond donors (Lipinski definition) is 1. The van der Waals surface area contributed by atoms with Crippen LogP contribution in [0, 0.1) is 5.92 Å². The van der Waals surface area contributed by atoms with Gasteiger partial charge >= 0.3 is 0 Å². The van der Waals surface area contributed by atoms with Crippen LogP contribution in [0.1, 0.15) is 17.6 Å². The third kappa shape index (κ3) is 2.10. The van der Waals surface area contributed by atoms with E-state index < -0.39 is 6.43 Å². The van der Waals surface area contributed by atoms with E-state index in [1.54, 1.807) is 12.1 Å². The molecular formula is C11H13F2N. The quantitative estimate of drug-likeness (QED) is 0.784. The maximum atomic E-state index is 12.4. The van der Waals surface area contributed by atoms with Crippen LogP contribution >= 0.6 is 0 Å². The zero-order valence-corrected chi connectivity index (χ0v) is 7.84. The zero-order chi connectivity index (χ0) is 9.97. The molecule has 1 aliphatic heterocycles. The van der Waals surface area contributed by atoms with E-state index >= 15 is 0 Å². The van der Waals surface area contributed by atoms with Gasteiger partial charge in [-0.2, -0.15) is 0 Å². The normalized spacial score (nSPS) is 17.1. The molecular weight excluding hydrogens is 184 g/mol. The van der Waals surface area contributed by atoms with Crippen LogP contribution in [0.5, 0.6) is 0 Å². The van der Waals surface area contributed by atoms with Gasteiger partial charge < -0.3 is 5.32 Å². The minimum absolute atomic E-state index is 0.134. The molecule has 1 aromatic carbocycles. The van der Waals surface area contributed by atoms with Gasteiger partial charge in [0.1, 0.15) is 0 Å². The Kier molecular flexibility index (Phi) is 2.77. The van der Waals surface area contributed by atoms with Crippen molar-refractivity contribution in [2.45, 2.75) is 12.8 Å². The summed E-state index contributed by atoms with van der Waals surface area (Å²) in [4.78, 5) is 0. The van der Waals surface area contributed by atoms with Gasteiger partial charge in [-0.05, 0) is 31.0 Å². The van der Waals surface area contributed by atoms with Crippen LogP contribution < -0.4 is 5.32 Å². The summed E-state index contributed by atoms with van der Waals surface area (Å²) in [6.07, 6.45) is -1.44. The topological polar surface area (TPSA) is 12.0 Å². The number of hydrogen-bond acceptors (Lipinski definition) is 1. The molecule has 0 aliphatic carbocycles. The van der Waals surface area contributed by atoms with Crippen molar-refractivity contribution >= 4 is 0 Å². The van der Waals surface area contributed by atoms with Gasteiger partial charge in [0.15, 0.2) is 0 Å². The second kappa shape index (κ2) is 4.05. The van der Waals surface area contributed by atoms with Crippen molar-refractivity contribution in [3.8, 4) is 0 Å². The molecule has 14 heavy (non-hydrogen) atoms. The lowest BCUT2D eigenvalue weighted by Crippen LogP contribution is -2.43. The highest BCUT2D eigenvalue weighted by molar-refractivity contribution is 5.25. The zero-order valence-electron chi connectivity index (χ0n) is 7.84. The molecule has 1 heterocycles. The molecule has 1 saturated heterocycles. The highest BCUT2D eigenvalue weighted by Crippen LogP contribution is 2.21. The van der Waals surface area contributed by atoms with Crippen molar-refractivity contribution in [1.29, 1.82) is 0 Å². The first-order valence-electron chi connectivity index (χ1n) is 4.83.